The Morgan fingerprint density at radius 1 is 1.21 bits per heavy atom. The van der Waals surface area contributed by atoms with Crippen molar-refractivity contribution in [2.45, 2.75) is 26.2 Å². The van der Waals surface area contributed by atoms with E-state index in [0.29, 0.717) is 17.9 Å². The first-order valence-corrected chi connectivity index (χ1v) is 11.4. The minimum Gasteiger partial charge on any atom is -0.410 e. The van der Waals surface area contributed by atoms with E-state index < -0.39 is 29.3 Å². The van der Waals surface area contributed by atoms with Crippen LogP contribution in [0.4, 0.5) is 19.3 Å². The number of benzene rings is 2. The summed E-state index contributed by atoms with van der Waals surface area (Å²) in [6, 6.07) is 8.70. The van der Waals surface area contributed by atoms with E-state index >= 15 is 0 Å². The van der Waals surface area contributed by atoms with Gasteiger partial charge in [0.05, 0.1) is 10.6 Å². The lowest BCUT2D eigenvalue weighted by molar-refractivity contribution is 0.102. The summed E-state index contributed by atoms with van der Waals surface area (Å²) < 4.78 is 33.4. The fourth-order valence-corrected chi connectivity index (χ4v) is 4.68. The number of nitrogens with zero attached hydrogens (tertiary/aromatic N) is 2. The molecular formula is C25H21F2N3O3S. The molecule has 3 aromatic rings. The van der Waals surface area contributed by atoms with Crippen molar-refractivity contribution >= 4 is 29.0 Å². The molecule has 0 saturated carbocycles. The van der Waals surface area contributed by atoms with E-state index in [4.69, 9.17) is 4.74 Å². The molecule has 0 aliphatic heterocycles. The van der Waals surface area contributed by atoms with Gasteiger partial charge in [-0.2, -0.15) is 0 Å². The highest BCUT2D eigenvalue weighted by Crippen LogP contribution is 2.39. The van der Waals surface area contributed by atoms with Gasteiger partial charge < -0.3 is 10.1 Å². The third kappa shape index (κ3) is 4.74. The number of carbonyl (C=O) groups excluding carboxylic acids is 2. The molecule has 34 heavy (non-hydrogen) atoms. The number of hydrogen-bond donors (Lipinski definition) is 1. The van der Waals surface area contributed by atoms with Gasteiger partial charge in [-0.1, -0.05) is 24.8 Å². The lowest BCUT2D eigenvalue weighted by Crippen LogP contribution is -2.23. The molecular weight excluding hydrogens is 460 g/mol. The Morgan fingerprint density at radius 2 is 1.97 bits per heavy atom. The van der Waals surface area contributed by atoms with Gasteiger partial charge >= 0.3 is 6.09 Å². The first kappa shape index (κ1) is 23.3. The van der Waals surface area contributed by atoms with Gasteiger partial charge in [-0.15, -0.1) is 11.3 Å². The molecule has 2 aromatic carbocycles. The van der Waals surface area contributed by atoms with Crippen LogP contribution in [0.2, 0.25) is 0 Å². The molecule has 2 amide bonds. The lowest BCUT2D eigenvalue weighted by Gasteiger charge is -2.14. The number of rotatable bonds is 5. The van der Waals surface area contributed by atoms with Crippen LogP contribution in [0.25, 0.3) is 10.4 Å². The Labute approximate surface area is 199 Å². The Balaban J connectivity index is 1.64. The molecule has 0 saturated heterocycles. The van der Waals surface area contributed by atoms with E-state index in [1.165, 1.54) is 23.4 Å². The number of para-hydroxylation sites is 1. The fourth-order valence-electron chi connectivity index (χ4n) is 3.62. The maximum atomic E-state index is 14.0. The Hall–Kier alpha value is -3.85. The first-order valence-electron chi connectivity index (χ1n) is 10.5. The van der Waals surface area contributed by atoms with Crippen molar-refractivity contribution in [1.82, 2.24) is 9.88 Å². The molecule has 174 valence electrons. The standard InChI is InChI=1S/C25H21F2N3O3S/c1-3-13-30(4-2)25(32)33-16-12-11-15-7-5-10-20-22(17(15)14-16)34-24(28-20)23(31)29-21-18(26)8-6-9-19(21)27/h3-4,6,8-9,11-14H,2,5,7,10H2,1H3,(H,29,31)/b13-3-. The molecule has 0 spiro atoms. The molecule has 1 N–H and O–H groups in total. The molecule has 1 aromatic heterocycles. The highest BCUT2D eigenvalue weighted by molar-refractivity contribution is 7.17. The van der Waals surface area contributed by atoms with Gasteiger partial charge in [0, 0.05) is 18.0 Å². The monoisotopic (exact) mass is 481 g/mol. The number of amides is 2. The first-order chi connectivity index (χ1) is 16.4. The van der Waals surface area contributed by atoms with Crippen LogP contribution in [-0.2, 0) is 12.8 Å². The third-order valence-corrected chi connectivity index (χ3v) is 6.33. The summed E-state index contributed by atoms with van der Waals surface area (Å²) >= 11 is 1.13. The number of aryl methyl sites for hydroxylation is 2. The molecule has 1 aliphatic rings. The second-order valence-corrected chi connectivity index (χ2v) is 8.46. The molecule has 6 nitrogen and oxygen atoms in total. The fraction of sp³-hybridized carbons (Fsp3) is 0.160. The maximum absolute atomic E-state index is 14.0. The number of nitrogens with one attached hydrogen (secondary N) is 1. The molecule has 1 heterocycles. The van der Waals surface area contributed by atoms with Gasteiger partial charge in [-0.25, -0.2) is 18.6 Å². The average molecular weight is 482 g/mol. The number of allylic oxidation sites excluding steroid dienone is 1. The van der Waals surface area contributed by atoms with Crippen molar-refractivity contribution in [3.63, 3.8) is 0 Å². The van der Waals surface area contributed by atoms with Gasteiger partial charge in [0.2, 0.25) is 0 Å². The van der Waals surface area contributed by atoms with Gasteiger partial charge in [0.1, 0.15) is 23.1 Å². The topological polar surface area (TPSA) is 71.5 Å². The molecule has 0 bridgehead atoms. The molecule has 0 unspecified atom stereocenters. The van der Waals surface area contributed by atoms with Crippen molar-refractivity contribution in [1.29, 1.82) is 0 Å². The largest absolute Gasteiger partial charge is 0.423 e. The lowest BCUT2D eigenvalue weighted by atomic mass is 10.0. The van der Waals surface area contributed by atoms with E-state index in [2.05, 4.69) is 16.9 Å². The number of hydrogen-bond acceptors (Lipinski definition) is 5. The van der Waals surface area contributed by atoms with Crippen molar-refractivity contribution < 1.29 is 23.1 Å². The van der Waals surface area contributed by atoms with Crippen LogP contribution in [0.3, 0.4) is 0 Å². The number of anilines is 1. The molecule has 1 aliphatic carbocycles. The summed E-state index contributed by atoms with van der Waals surface area (Å²) in [6.45, 7) is 5.37. The van der Waals surface area contributed by atoms with E-state index in [-0.39, 0.29) is 5.01 Å². The predicted octanol–water partition coefficient (Wildman–Crippen LogP) is 6.31. The van der Waals surface area contributed by atoms with Crippen LogP contribution in [-0.4, -0.2) is 21.9 Å². The Kier molecular flexibility index (Phi) is 6.83. The molecule has 0 radical (unpaired) electrons. The number of carbonyl (C=O) groups is 2. The second-order valence-electron chi connectivity index (χ2n) is 7.46. The van der Waals surface area contributed by atoms with Crippen LogP contribution in [0, 0.1) is 11.6 Å². The van der Waals surface area contributed by atoms with Crippen LogP contribution >= 0.6 is 11.3 Å². The number of fused-ring (bicyclic) bond motifs is 3. The summed E-state index contributed by atoms with van der Waals surface area (Å²) in [5, 5.41) is 2.37. The Bertz CT molecular complexity index is 1280. The Morgan fingerprint density at radius 3 is 2.68 bits per heavy atom. The van der Waals surface area contributed by atoms with Gasteiger partial charge in [0.25, 0.3) is 5.91 Å². The van der Waals surface area contributed by atoms with Crippen molar-refractivity contribution in [2.24, 2.45) is 0 Å². The van der Waals surface area contributed by atoms with Crippen LogP contribution in [0.5, 0.6) is 5.75 Å². The number of thiazole rings is 1. The highest BCUT2D eigenvalue weighted by atomic mass is 32.1. The molecule has 9 heteroatoms. The summed E-state index contributed by atoms with van der Waals surface area (Å²) in [5.41, 5.74) is 2.04. The second kappa shape index (κ2) is 9.96. The van der Waals surface area contributed by atoms with E-state index in [1.54, 1.807) is 25.1 Å². The summed E-state index contributed by atoms with van der Waals surface area (Å²) in [4.78, 5) is 31.5. The summed E-state index contributed by atoms with van der Waals surface area (Å²) in [6.07, 6.45) is 6.20. The minimum atomic E-state index is -0.866. The van der Waals surface area contributed by atoms with E-state index in [0.717, 1.165) is 52.3 Å². The number of halogens is 2. The van der Waals surface area contributed by atoms with E-state index in [9.17, 15) is 18.4 Å². The predicted molar refractivity (Wildman–Crippen MR) is 127 cm³/mol. The average Bonchev–Trinajstić information content (AvgIpc) is 3.17. The van der Waals surface area contributed by atoms with Crippen LogP contribution in [0.1, 0.15) is 34.4 Å². The number of aromatic nitrogens is 1. The quantitative estimate of drug-likeness (QED) is 0.464. The zero-order valence-electron chi connectivity index (χ0n) is 18.3. The minimum absolute atomic E-state index is 0.0915. The number of ether oxygens (including phenoxy) is 1. The van der Waals surface area contributed by atoms with Crippen LogP contribution in [0.15, 0.2) is 61.5 Å². The van der Waals surface area contributed by atoms with Gasteiger partial charge in [-0.05, 0) is 56.0 Å². The molecule has 0 fully saturated rings. The summed E-state index contributed by atoms with van der Waals surface area (Å²) in [5.74, 6) is -2.09. The SMILES string of the molecule is C=CN(/C=C\C)C(=O)Oc1ccc2c(c1)-c1sc(C(=O)Nc3c(F)cccc3F)nc1CCC2. The molecule has 4 rings (SSSR count). The van der Waals surface area contributed by atoms with Crippen molar-refractivity contribution in [2.75, 3.05) is 5.32 Å². The van der Waals surface area contributed by atoms with Crippen molar-refractivity contribution in [3.8, 4) is 16.2 Å². The summed E-state index contributed by atoms with van der Waals surface area (Å²) in [7, 11) is 0. The maximum Gasteiger partial charge on any atom is 0.423 e. The zero-order chi connectivity index (χ0) is 24.2. The highest BCUT2D eigenvalue weighted by Gasteiger charge is 2.24. The zero-order valence-corrected chi connectivity index (χ0v) is 19.1. The molecule has 0 atom stereocenters. The third-order valence-electron chi connectivity index (χ3n) is 5.20. The normalized spacial score (nSPS) is 12.4. The van der Waals surface area contributed by atoms with Gasteiger partial charge in [0.15, 0.2) is 5.01 Å². The van der Waals surface area contributed by atoms with Gasteiger partial charge in [-0.3, -0.25) is 9.69 Å². The smallest absolute Gasteiger partial charge is 0.410 e. The van der Waals surface area contributed by atoms with Crippen LogP contribution < -0.4 is 10.1 Å². The van der Waals surface area contributed by atoms with E-state index in [1.807, 2.05) is 6.07 Å². The van der Waals surface area contributed by atoms with Crippen molar-refractivity contribution in [3.05, 3.63) is 89.4 Å².